The van der Waals surface area contributed by atoms with Crippen molar-refractivity contribution in [3.05, 3.63) is 78.2 Å². The molecule has 0 radical (unpaired) electrons. The molecule has 1 aromatic heterocycles. The lowest BCUT2D eigenvalue weighted by Gasteiger charge is -2.08. The highest BCUT2D eigenvalue weighted by Gasteiger charge is 2.18. The molecule has 0 aliphatic carbocycles. The molecule has 0 bridgehead atoms. The summed E-state index contributed by atoms with van der Waals surface area (Å²) in [4.78, 5) is 9.00. The first-order chi connectivity index (χ1) is 12.5. The Morgan fingerprint density at radius 2 is 1.58 bits per heavy atom. The maximum atomic E-state index is 12.2. The fourth-order valence-electron chi connectivity index (χ4n) is 2.31. The van der Waals surface area contributed by atoms with Gasteiger partial charge in [-0.2, -0.15) is 0 Å². The zero-order valence-corrected chi connectivity index (χ0v) is 15.4. The van der Waals surface area contributed by atoms with Gasteiger partial charge in [-0.05, 0) is 44.0 Å². The standard InChI is InChI=1S/C21H18N2O2S/c1-16(2)26(24,25)20-12-9-18(10-13-20)21-15-22-14-19(23-21)11-8-17-6-4-3-5-7-17/h3-7,9-10,12-16H,1-2H3. The van der Waals surface area contributed by atoms with Gasteiger partial charge in [0.1, 0.15) is 5.69 Å². The predicted octanol–water partition coefficient (Wildman–Crippen LogP) is 3.73. The van der Waals surface area contributed by atoms with Crippen LogP contribution in [0.4, 0.5) is 0 Å². The second-order valence-electron chi connectivity index (χ2n) is 6.02. The zero-order chi connectivity index (χ0) is 18.6. The summed E-state index contributed by atoms with van der Waals surface area (Å²) in [5.74, 6) is 6.05. The summed E-state index contributed by atoms with van der Waals surface area (Å²) >= 11 is 0. The fourth-order valence-corrected chi connectivity index (χ4v) is 3.37. The van der Waals surface area contributed by atoms with E-state index >= 15 is 0 Å². The molecular formula is C21H18N2O2S. The Morgan fingerprint density at radius 1 is 0.885 bits per heavy atom. The Labute approximate surface area is 153 Å². The topological polar surface area (TPSA) is 59.9 Å². The minimum absolute atomic E-state index is 0.309. The Balaban J connectivity index is 1.88. The minimum atomic E-state index is -3.28. The molecule has 130 valence electrons. The summed E-state index contributed by atoms with van der Waals surface area (Å²) in [6.45, 7) is 3.34. The van der Waals surface area contributed by atoms with Gasteiger partial charge in [0, 0.05) is 11.1 Å². The van der Waals surface area contributed by atoms with Crippen LogP contribution in [0.1, 0.15) is 25.1 Å². The predicted molar refractivity (Wildman–Crippen MR) is 102 cm³/mol. The van der Waals surface area contributed by atoms with E-state index in [1.54, 1.807) is 50.5 Å². The fraction of sp³-hybridized carbons (Fsp3) is 0.143. The first-order valence-electron chi connectivity index (χ1n) is 8.20. The number of rotatable bonds is 3. The van der Waals surface area contributed by atoms with E-state index in [0.29, 0.717) is 16.3 Å². The van der Waals surface area contributed by atoms with E-state index in [9.17, 15) is 8.42 Å². The van der Waals surface area contributed by atoms with Gasteiger partial charge in [-0.15, -0.1) is 0 Å². The van der Waals surface area contributed by atoms with Crippen LogP contribution in [0.2, 0.25) is 0 Å². The minimum Gasteiger partial charge on any atom is -0.259 e. The van der Waals surface area contributed by atoms with E-state index in [0.717, 1.165) is 11.1 Å². The molecule has 0 spiro atoms. The number of sulfone groups is 1. The maximum Gasteiger partial charge on any atom is 0.180 e. The largest absolute Gasteiger partial charge is 0.259 e. The zero-order valence-electron chi connectivity index (χ0n) is 14.5. The van der Waals surface area contributed by atoms with Crippen molar-refractivity contribution in [2.24, 2.45) is 0 Å². The highest BCUT2D eigenvalue weighted by molar-refractivity contribution is 7.92. The van der Waals surface area contributed by atoms with E-state index < -0.39 is 15.1 Å². The molecule has 3 aromatic rings. The molecule has 4 nitrogen and oxygen atoms in total. The molecule has 2 aromatic carbocycles. The third-order valence-electron chi connectivity index (χ3n) is 3.84. The Hall–Kier alpha value is -2.97. The van der Waals surface area contributed by atoms with Crippen LogP contribution in [0, 0.1) is 11.8 Å². The quantitative estimate of drug-likeness (QED) is 0.666. The van der Waals surface area contributed by atoms with Crippen LogP contribution < -0.4 is 0 Å². The normalized spacial score (nSPS) is 11.0. The SMILES string of the molecule is CC(C)S(=O)(=O)c1ccc(-c2cncc(C#Cc3ccccc3)n2)cc1. The van der Waals surface area contributed by atoms with Crippen molar-refractivity contribution in [2.45, 2.75) is 24.0 Å². The summed E-state index contributed by atoms with van der Waals surface area (Å²) in [5, 5.41) is -0.454. The van der Waals surface area contributed by atoms with Gasteiger partial charge in [-0.25, -0.2) is 13.4 Å². The second kappa shape index (κ2) is 7.51. The molecule has 0 unspecified atom stereocenters. The Kier molecular flexibility index (Phi) is 5.15. The summed E-state index contributed by atoms with van der Waals surface area (Å²) in [5.41, 5.74) is 2.91. The summed E-state index contributed by atoms with van der Waals surface area (Å²) in [7, 11) is -3.28. The third kappa shape index (κ3) is 3.98. The van der Waals surface area contributed by atoms with E-state index in [1.165, 1.54) is 0 Å². The van der Waals surface area contributed by atoms with Crippen molar-refractivity contribution < 1.29 is 8.42 Å². The lowest BCUT2D eigenvalue weighted by molar-refractivity contribution is 0.587. The van der Waals surface area contributed by atoms with Gasteiger partial charge in [0.25, 0.3) is 0 Å². The van der Waals surface area contributed by atoms with Gasteiger partial charge < -0.3 is 0 Å². The number of hydrogen-bond acceptors (Lipinski definition) is 4. The van der Waals surface area contributed by atoms with Crippen LogP contribution in [0.25, 0.3) is 11.3 Å². The van der Waals surface area contributed by atoms with Crippen LogP contribution in [0.15, 0.2) is 71.9 Å². The van der Waals surface area contributed by atoms with E-state index in [2.05, 4.69) is 21.8 Å². The van der Waals surface area contributed by atoms with E-state index in [4.69, 9.17) is 0 Å². The molecule has 0 aliphatic rings. The Bertz CT molecular complexity index is 1060. The molecule has 0 fully saturated rings. The Morgan fingerprint density at radius 3 is 2.23 bits per heavy atom. The van der Waals surface area contributed by atoms with Crippen molar-refractivity contribution in [1.29, 1.82) is 0 Å². The van der Waals surface area contributed by atoms with Gasteiger partial charge >= 0.3 is 0 Å². The van der Waals surface area contributed by atoms with Gasteiger partial charge in [0.2, 0.25) is 0 Å². The summed E-state index contributed by atoms with van der Waals surface area (Å²) in [6, 6.07) is 16.4. The van der Waals surface area contributed by atoms with Crippen molar-refractivity contribution in [3.63, 3.8) is 0 Å². The number of hydrogen-bond donors (Lipinski definition) is 0. The molecule has 5 heteroatoms. The number of aromatic nitrogens is 2. The van der Waals surface area contributed by atoms with Gasteiger partial charge in [0.15, 0.2) is 9.84 Å². The molecule has 0 amide bonds. The van der Waals surface area contributed by atoms with Crippen molar-refractivity contribution in [2.75, 3.05) is 0 Å². The van der Waals surface area contributed by atoms with Crippen LogP contribution in [0.3, 0.4) is 0 Å². The monoisotopic (exact) mass is 362 g/mol. The maximum absolute atomic E-state index is 12.2. The van der Waals surface area contributed by atoms with Crippen LogP contribution in [0.5, 0.6) is 0 Å². The number of nitrogens with zero attached hydrogens (tertiary/aromatic N) is 2. The van der Waals surface area contributed by atoms with Crippen LogP contribution >= 0.6 is 0 Å². The van der Waals surface area contributed by atoms with Crippen molar-refractivity contribution >= 4 is 9.84 Å². The average Bonchev–Trinajstić information content (AvgIpc) is 2.67. The molecule has 0 saturated heterocycles. The third-order valence-corrected chi connectivity index (χ3v) is 6.01. The van der Waals surface area contributed by atoms with Crippen LogP contribution in [-0.4, -0.2) is 23.6 Å². The van der Waals surface area contributed by atoms with Crippen molar-refractivity contribution in [1.82, 2.24) is 9.97 Å². The van der Waals surface area contributed by atoms with E-state index in [1.807, 2.05) is 30.3 Å². The smallest absolute Gasteiger partial charge is 0.180 e. The molecule has 0 N–H and O–H groups in total. The molecule has 0 atom stereocenters. The highest BCUT2D eigenvalue weighted by Crippen LogP contribution is 2.21. The van der Waals surface area contributed by atoms with Crippen LogP contribution in [-0.2, 0) is 9.84 Å². The second-order valence-corrected chi connectivity index (χ2v) is 8.53. The molecule has 0 aliphatic heterocycles. The lowest BCUT2D eigenvalue weighted by Crippen LogP contribution is -2.13. The molecule has 26 heavy (non-hydrogen) atoms. The van der Waals surface area contributed by atoms with Gasteiger partial charge in [0.05, 0.1) is 28.2 Å². The van der Waals surface area contributed by atoms with Crippen molar-refractivity contribution in [3.8, 4) is 23.1 Å². The molecular weight excluding hydrogens is 344 g/mol. The lowest BCUT2D eigenvalue weighted by atomic mass is 10.1. The molecule has 3 rings (SSSR count). The number of benzene rings is 2. The highest BCUT2D eigenvalue weighted by atomic mass is 32.2. The molecule has 1 heterocycles. The summed E-state index contributed by atoms with van der Waals surface area (Å²) < 4.78 is 24.4. The van der Waals surface area contributed by atoms with Gasteiger partial charge in [-0.3, -0.25) is 4.98 Å². The first kappa shape index (κ1) is 17.8. The average molecular weight is 362 g/mol. The first-order valence-corrected chi connectivity index (χ1v) is 9.75. The van der Waals surface area contributed by atoms with E-state index in [-0.39, 0.29) is 0 Å². The van der Waals surface area contributed by atoms with Gasteiger partial charge in [-0.1, -0.05) is 36.3 Å². The summed E-state index contributed by atoms with van der Waals surface area (Å²) in [6.07, 6.45) is 3.25. The molecule has 0 saturated carbocycles.